The molecule has 0 saturated heterocycles. The summed E-state index contributed by atoms with van der Waals surface area (Å²) in [7, 11) is 1.83. The summed E-state index contributed by atoms with van der Waals surface area (Å²) >= 11 is 0. The number of aromatic nitrogens is 6. The fraction of sp³-hybridized carbons (Fsp3) is 0.240. The SMILES string of the molecule is Cn1cc(Nc2ccnn3c(-c4ccc(CC(=O)Nc5cc(C(C)(C)C(F)(F)F)on5)cc4)cnc23)cn1. The van der Waals surface area contributed by atoms with Crippen LogP contribution in [-0.4, -0.2) is 41.6 Å². The number of carbonyl (C=O) groups is 1. The number of halogens is 3. The zero-order valence-corrected chi connectivity index (χ0v) is 20.6. The molecule has 0 fully saturated rings. The van der Waals surface area contributed by atoms with Gasteiger partial charge in [-0.05, 0) is 25.5 Å². The van der Waals surface area contributed by atoms with Gasteiger partial charge in [0.1, 0.15) is 5.41 Å². The molecule has 0 bridgehead atoms. The van der Waals surface area contributed by atoms with Gasteiger partial charge in [-0.15, -0.1) is 0 Å². The van der Waals surface area contributed by atoms with Crippen LogP contribution in [0, 0.1) is 0 Å². The van der Waals surface area contributed by atoms with Crippen molar-refractivity contribution in [3.63, 3.8) is 0 Å². The van der Waals surface area contributed by atoms with Crippen molar-refractivity contribution in [3.8, 4) is 11.3 Å². The number of rotatable bonds is 7. The number of aryl methyl sites for hydroxylation is 1. The van der Waals surface area contributed by atoms with Gasteiger partial charge in [0.15, 0.2) is 17.2 Å². The number of amides is 1. The first-order chi connectivity index (χ1) is 18.0. The van der Waals surface area contributed by atoms with E-state index in [1.165, 1.54) is 0 Å². The number of nitrogens with zero attached hydrogens (tertiary/aromatic N) is 6. The van der Waals surface area contributed by atoms with Crippen molar-refractivity contribution in [1.82, 2.24) is 29.5 Å². The second kappa shape index (κ2) is 9.32. The Bertz CT molecular complexity index is 1600. The van der Waals surface area contributed by atoms with E-state index in [9.17, 15) is 18.0 Å². The second-order valence-corrected chi connectivity index (χ2v) is 9.27. The molecular weight excluding hydrogens is 501 g/mol. The van der Waals surface area contributed by atoms with Crippen molar-refractivity contribution in [2.45, 2.75) is 31.9 Å². The van der Waals surface area contributed by atoms with E-state index in [0.29, 0.717) is 11.2 Å². The lowest BCUT2D eigenvalue weighted by Crippen LogP contribution is -2.35. The molecule has 4 aromatic heterocycles. The van der Waals surface area contributed by atoms with Crippen molar-refractivity contribution >= 4 is 28.7 Å². The van der Waals surface area contributed by atoms with Gasteiger partial charge in [-0.25, -0.2) is 9.50 Å². The molecule has 10 nitrogen and oxygen atoms in total. The van der Waals surface area contributed by atoms with Crippen LogP contribution in [-0.2, 0) is 23.7 Å². The monoisotopic (exact) mass is 524 g/mol. The Balaban J connectivity index is 1.27. The van der Waals surface area contributed by atoms with Gasteiger partial charge in [-0.3, -0.25) is 9.48 Å². The third-order valence-electron chi connectivity index (χ3n) is 6.10. The lowest BCUT2D eigenvalue weighted by Gasteiger charge is -2.24. The molecule has 196 valence electrons. The normalized spacial score (nSPS) is 12.2. The Labute approximate surface area is 214 Å². The zero-order valence-electron chi connectivity index (χ0n) is 20.6. The van der Waals surface area contributed by atoms with E-state index in [2.05, 4.69) is 31.0 Å². The maximum absolute atomic E-state index is 13.2. The van der Waals surface area contributed by atoms with Gasteiger partial charge < -0.3 is 15.2 Å². The molecule has 5 rings (SSSR count). The van der Waals surface area contributed by atoms with E-state index in [1.807, 2.05) is 31.4 Å². The van der Waals surface area contributed by atoms with Gasteiger partial charge in [0, 0.05) is 24.9 Å². The minimum atomic E-state index is -4.52. The maximum atomic E-state index is 13.2. The van der Waals surface area contributed by atoms with Crippen LogP contribution in [0.25, 0.3) is 16.9 Å². The first-order valence-electron chi connectivity index (χ1n) is 11.5. The molecule has 0 saturated carbocycles. The van der Waals surface area contributed by atoms with Gasteiger partial charge in [-0.2, -0.15) is 23.4 Å². The van der Waals surface area contributed by atoms with Crippen LogP contribution < -0.4 is 10.6 Å². The number of fused-ring (bicyclic) bond motifs is 1. The van der Waals surface area contributed by atoms with Gasteiger partial charge in [0.05, 0.1) is 42.1 Å². The molecule has 38 heavy (non-hydrogen) atoms. The molecule has 2 N–H and O–H groups in total. The highest BCUT2D eigenvalue weighted by atomic mass is 19.4. The molecular formula is C25H23F3N8O2. The minimum absolute atomic E-state index is 0.00425. The summed E-state index contributed by atoms with van der Waals surface area (Å²) in [6, 6.07) is 10.2. The third kappa shape index (κ3) is 4.82. The van der Waals surface area contributed by atoms with Gasteiger partial charge in [0.2, 0.25) is 5.91 Å². The molecule has 1 aromatic carbocycles. The largest absolute Gasteiger partial charge is 0.401 e. The molecule has 1 amide bonds. The van der Waals surface area contributed by atoms with Gasteiger partial charge in [0.25, 0.3) is 0 Å². The molecule has 0 aliphatic rings. The smallest absolute Gasteiger partial charge is 0.358 e. The lowest BCUT2D eigenvalue weighted by molar-refractivity contribution is -0.185. The van der Waals surface area contributed by atoms with Crippen LogP contribution in [0.2, 0.25) is 0 Å². The van der Waals surface area contributed by atoms with Gasteiger partial charge >= 0.3 is 6.18 Å². The zero-order chi connectivity index (χ0) is 27.1. The standard InChI is InChI=1S/C25H23F3N8O2/c1-24(2,25(26,27)28)20-11-21(34-38-20)33-22(37)10-15-4-6-16(7-5-15)19-13-29-23-18(8-9-30-36(19)23)32-17-12-31-35(3)14-17/h4-9,11-14,32H,10H2,1-3H3,(H,33,34,37). The average Bonchev–Trinajstić information content (AvgIpc) is 3.59. The first-order valence-corrected chi connectivity index (χ1v) is 11.5. The number of nitrogens with one attached hydrogen (secondary N) is 2. The summed E-state index contributed by atoms with van der Waals surface area (Å²) in [6.07, 6.45) is 2.41. The Hall–Kier alpha value is -4.68. The predicted octanol–water partition coefficient (Wildman–Crippen LogP) is 4.88. The second-order valence-electron chi connectivity index (χ2n) is 9.27. The fourth-order valence-electron chi connectivity index (χ4n) is 3.77. The summed E-state index contributed by atoms with van der Waals surface area (Å²) in [5, 5.41) is 17.9. The molecule has 0 aliphatic carbocycles. The molecule has 0 unspecified atom stereocenters. The highest BCUT2D eigenvalue weighted by Gasteiger charge is 2.51. The molecule has 4 heterocycles. The van der Waals surface area contributed by atoms with Crippen LogP contribution in [0.1, 0.15) is 25.2 Å². The number of benzene rings is 1. The number of anilines is 3. The summed E-state index contributed by atoms with van der Waals surface area (Å²) in [5.41, 5.74) is 2.28. The Kier molecular flexibility index (Phi) is 6.13. The quantitative estimate of drug-likeness (QED) is 0.312. The van der Waals surface area contributed by atoms with Gasteiger partial charge in [-0.1, -0.05) is 29.4 Å². The van der Waals surface area contributed by atoms with Crippen molar-refractivity contribution in [3.05, 3.63) is 72.5 Å². The topological polar surface area (TPSA) is 115 Å². The third-order valence-corrected chi connectivity index (χ3v) is 6.10. The number of hydrogen-bond acceptors (Lipinski definition) is 7. The Morgan fingerprint density at radius 3 is 2.53 bits per heavy atom. The first kappa shape index (κ1) is 25.0. The number of hydrogen-bond donors (Lipinski definition) is 2. The van der Waals surface area contributed by atoms with E-state index in [1.54, 1.807) is 39.9 Å². The van der Waals surface area contributed by atoms with E-state index in [-0.39, 0.29) is 18.0 Å². The molecule has 0 atom stereocenters. The maximum Gasteiger partial charge on any atom is 0.401 e. The van der Waals surface area contributed by atoms with Crippen LogP contribution in [0.5, 0.6) is 0 Å². The lowest BCUT2D eigenvalue weighted by atomic mass is 9.89. The molecule has 5 aromatic rings. The van der Waals surface area contributed by atoms with Crippen LogP contribution >= 0.6 is 0 Å². The highest BCUT2D eigenvalue weighted by molar-refractivity contribution is 5.91. The summed E-state index contributed by atoms with van der Waals surface area (Å²) in [6.45, 7) is 1.97. The van der Waals surface area contributed by atoms with E-state index < -0.39 is 17.5 Å². The summed E-state index contributed by atoms with van der Waals surface area (Å²) in [5.74, 6) is -0.901. The van der Waals surface area contributed by atoms with Crippen LogP contribution in [0.15, 0.2) is 65.7 Å². The molecule has 0 spiro atoms. The van der Waals surface area contributed by atoms with Crippen molar-refractivity contribution in [2.24, 2.45) is 7.05 Å². The average molecular weight is 525 g/mol. The van der Waals surface area contributed by atoms with Crippen molar-refractivity contribution in [1.29, 1.82) is 0 Å². The Morgan fingerprint density at radius 2 is 1.84 bits per heavy atom. The molecule has 0 aliphatic heterocycles. The number of alkyl halides is 3. The van der Waals surface area contributed by atoms with Crippen molar-refractivity contribution in [2.75, 3.05) is 10.6 Å². The van der Waals surface area contributed by atoms with E-state index >= 15 is 0 Å². The molecule has 13 heteroatoms. The van der Waals surface area contributed by atoms with E-state index in [0.717, 1.165) is 42.5 Å². The minimum Gasteiger partial charge on any atom is -0.358 e. The van der Waals surface area contributed by atoms with Crippen LogP contribution in [0.4, 0.5) is 30.4 Å². The number of carbonyl (C=O) groups excluding carboxylic acids is 1. The Morgan fingerprint density at radius 1 is 1.08 bits per heavy atom. The van der Waals surface area contributed by atoms with Crippen molar-refractivity contribution < 1.29 is 22.5 Å². The number of imidazole rings is 1. The highest BCUT2D eigenvalue weighted by Crippen LogP contribution is 2.41. The fourth-order valence-corrected chi connectivity index (χ4v) is 3.77. The summed E-state index contributed by atoms with van der Waals surface area (Å²) < 4.78 is 47.9. The van der Waals surface area contributed by atoms with E-state index in [4.69, 9.17) is 4.52 Å². The molecule has 0 radical (unpaired) electrons. The summed E-state index contributed by atoms with van der Waals surface area (Å²) in [4.78, 5) is 17.0. The predicted molar refractivity (Wildman–Crippen MR) is 133 cm³/mol. The van der Waals surface area contributed by atoms with Crippen LogP contribution in [0.3, 0.4) is 0 Å².